The molecule has 0 saturated heterocycles. The molecule has 2 aliphatic rings. The molecule has 122 valence electrons. The van der Waals surface area contributed by atoms with Gasteiger partial charge in [0.25, 0.3) is 0 Å². The highest BCUT2D eigenvalue weighted by atomic mass is 79.9. The van der Waals surface area contributed by atoms with Crippen LogP contribution in [0.4, 0.5) is 0 Å². The molecule has 3 atom stereocenters. The Balaban J connectivity index is 2.43. The van der Waals surface area contributed by atoms with Gasteiger partial charge in [0.05, 0.1) is 29.6 Å². The smallest absolute Gasteiger partial charge is 0.317 e. The van der Waals surface area contributed by atoms with Crippen LogP contribution in [0.15, 0.2) is 33.9 Å². The van der Waals surface area contributed by atoms with E-state index in [1.54, 1.807) is 24.3 Å². The number of carbonyl (C=O) groups is 1. The van der Waals surface area contributed by atoms with E-state index in [-0.39, 0.29) is 11.4 Å². The summed E-state index contributed by atoms with van der Waals surface area (Å²) in [6.07, 6.45) is 0. The summed E-state index contributed by atoms with van der Waals surface area (Å²) in [5.74, 6) is -3.29. The van der Waals surface area contributed by atoms with Crippen molar-refractivity contribution in [1.29, 1.82) is 21.2 Å². The monoisotopic (exact) mass is 395 g/mol. The van der Waals surface area contributed by atoms with Gasteiger partial charge in [-0.2, -0.15) is 15.8 Å². The van der Waals surface area contributed by atoms with E-state index >= 15 is 0 Å². The average Bonchev–Trinajstić information content (AvgIpc) is 3.02. The minimum absolute atomic E-state index is 0.167. The Morgan fingerprint density at radius 3 is 2.48 bits per heavy atom. The molecule has 0 bridgehead atoms. The lowest BCUT2D eigenvalue weighted by atomic mass is 9.64. The van der Waals surface area contributed by atoms with E-state index in [0.29, 0.717) is 10.0 Å². The number of nitrogens with one attached hydrogen (secondary N) is 1. The summed E-state index contributed by atoms with van der Waals surface area (Å²) in [4.78, 5) is 17.5. The van der Waals surface area contributed by atoms with Crippen molar-refractivity contribution >= 4 is 33.3 Å². The van der Waals surface area contributed by atoms with Gasteiger partial charge >= 0.3 is 5.97 Å². The summed E-state index contributed by atoms with van der Waals surface area (Å²) in [7, 11) is 0. The highest BCUT2D eigenvalue weighted by Gasteiger charge is 2.74. The molecular formula is C17H10BrN5O2. The van der Waals surface area contributed by atoms with Crippen molar-refractivity contribution in [2.45, 2.75) is 12.8 Å². The SMILES string of the molecule is CC1=NOC(=O)[C@]12C(=N)[C@H](C#N)C(C#N)(C#N)[C@@H]2c1cccc(Br)c1. The maximum absolute atomic E-state index is 12.7. The van der Waals surface area contributed by atoms with Crippen LogP contribution in [0.25, 0.3) is 0 Å². The molecule has 1 aliphatic heterocycles. The Kier molecular flexibility index (Phi) is 3.71. The summed E-state index contributed by atoms with van der Waals surface area (Å²) in [5, 5.41) is 41.4. The number of hydrogen-bond acceptors (Lipinski definition) is 7. The number of carbonyl (C=O) groups excluding carboxylic acids is 1. The van der Waals surface area contributed by atoms with E-state index in [9.17, 15) is 20.6 Å². The van der Waals surface area contributed by atoms with Gasteiger partial charge in [0, 0.05) is 10.4 Å². The maximum atomic E-state index is 12.7. The first-order valence-corrected chi connectivity index (χ1v) is 8.02. The molecule has 1 fully saturated rings. The van der Waals surface area contributed by atoms with Crippen LogP contribution in [0, 0.1) is 56.2 Å². The zero-order chi connectivity index (χ0) is 18.4. The summed E-state index contributed by atoms with van der Waals surface area (Å²) in [5.41, 5.74) is -3.32. The minimum atomic E-state index is -1.91. The number of nitrogens with zero attached hydrogens (tertiary/aromatic N) is 4. The number of rotatable bonds is 1. The molecule has 0 radical (unpaired) electrons. The first kappa shape index (κ1) is 16.8. The van der Waals surface area contributed by atoms with Gasteiger partial charge in [-0.1, -0.05) is 33.2 Å². The predicted octanol–water partition coefficient (Wildman–Crippen LogP) is 2.66. The van der Waals surface area contributed by atoms with Crippen LogP contribution in [-0.2, 0) is 9.63 Å². The highest BCUT2D eigenvalue weighted by Crippen LogP contribution is 2.62. The molecule has 1 aromatic carbocycles. The van der Waals surface area contributed by atoms with Crippen LogP contribution in [-0.4, -0.2) is 17.4 Å². The zero-order valence-corrected chi connectivity index (χ0v) is 14.5. The van der Waals surface area contributed by atoms with Crippen LogP contribution >= 0.6 is 15.9 Å². The Morgan fingerprint density at radius 2 is 2.00 bits per heavy atom. The molecule has 1 N–H and O–H groups in total. The first-order chi connectivity index (χ1) is 11.9. The van der Waals surface area contributed by atoms with Gasteiger partial charge in [0.1, 0.15) is 5.92 Å². The molecule has 0 unspecified atom stereocenters. The summed E-state index contributed by atoms with van der Waals surface area (Å²) in [6, 6.07) is 12.5. The van der Waals surface area contributed by atoms with Gasteiger partial charge in [0.2, 0.25) is 0 Å². The van der Waals surface area contributed by atoms with Gasteiger partial charge in [0.15, 0.2) is 10.8 Å². The largest absolute Gasteiger partial charge is 0.353 e. The second-order valence-corrected chi connectivity index (χ2v) is 6.84. The zero-order valence-electron chi connectivity index (χ0n) is 12.9. The second-order valence-electron chi connectivity index (χ2n) is 5.92. The number of hydrogen-bond donors (Lipinski definition) is 1. The Bertz CT molecular complexity index is 950. The topological polar surface area (TPSA) is 134 Å². The van der Waals surface area contributed by atoms with Crippen molar-refractivity contribution in [1.82, 2.24) is 0 Å². The lowest BCUT2D eigenvalue weighted by Gasteiger charge is -2.31. The van der Waals surface area contributed by atoms with Gasteiger partial charge < -0.3 is 10.2 Å². The van der Waals surface area contributed by atoms with Crippen molar-refractivity contribution in [3.63, 3.8) is 0 Å². The van der Waals surface area contributed by atoms with E-state index in [2.05, 4.69) is 21.1 Å². The fourth-order valence-electron chi connectivity index (χ4n) is 3.80. The summed E-state index contributed by atoms with van der Waals surface area (Å²) < 4.78 is 0.679. The van der Waals surface area contributed by atoms with Gasteiger partial charge in [-0.15, -0.1) is 0 Å². The van der Waals surface area contributed by atoms with Crippen molar-refractivity contribution in [2.24, 2.45) is 21.9 Å². The Hall–Kier alpha value is -3.02. The number of halogens is 1. The van der Waals surface area contributed by atoms with Gasteiger partial charge in [-0.25, -0.2) is 4.79 Å². The predicted molar refractivity (Wildman–Crippen MR) is 89.0 cm³/mol. The molecule has 1 spiro atoms. The summed E-state index contributed by atoms with van der Waals surface area (Å²) >= 11 is 3.33. The quantitative estimate of drug-likeness (QED) is 0.729. The third-order valence-electron chi connectivity index (χ3n) is 4.90. The maximum Gasteiger partial charge on any atom is 0.353 e. The number of nitriles is 3. The van der Waals surface area contributed by atoms with E-state index in [1.807, 2.05) is 18.2 Å². The molecule has 0 aromatic heterocycles. The van der Waals surface area contributed by atoms with Crippen molar-refractivity contribution in [2.75, 3.05) is 0 Å². The molecule has 7 nitrogen and oxygen atoms in total. The van der Waals surface area contributed by atoms with Crippen LogP contribution in [0.2, 0.25) is 0 Å². The third kappa shape index (κ3) is 1.85. The first-order valence-electron chi connectivity index (χ1n) is 7.23. The molecule has 1 aromatic rings. The molecule has 3 rings (SSSR count). The fraction of sp³-hybridized carbons (Fsp3) is 0.294. The molecule has 1 saturated carbocycles. The lowest BCUT2D eigenvalue weighted by molar-refractivity contribution is -0.146. The number of benzene rings is 1. The Morgan fingerprint density at radius 1 is 1.32 bits per heavy atom. The van der Waals surface area contributed by atoms with Crippen LogP contribution in [0.1, 0.15) is 18.4 Å². The standard InChI is InChI=1S/C17H10BrN5O2/c1-9-17(15(24)25-23-9)13(10-3-2-4-11(18)5-10)16(7-20,8-21)12(6-19)14(17)22/h2-5,12-13,22H,1H3/t12-,13-,17+/m0/s1. The molecule has 8 heteroatoms. The van der Waals surface area contributed by atoms with Crippen LogP contribution < -0.4 is 0 Å². The molecular weight excluding hydrogens is 386 g/mol. The molecule has 1 aliphatic carbocycles. The van der Waals surface area contributed by atoms with E-state index in [1.165, 1.54) is 6.92 Å². The minimum Gasteiger partial charge on any atom is -0.317 e. The average molecular weight is 396 g/mol. The van der Waals surface area contributed by atoms with Crippen LogP contribution in [0.5, 0.6) is 0 Å². The summed E-state index contributed by atoms with van der Waals surface area (Å²) in [6.45, 7) is 1.50. The lowest BCUT2D eigenvalue weighted by Crippen LogP contribution is -2.44. The number of oxime groups is 1. The second kappa shape index (κ2) is 5.51. The van der Waals surface area contributed by atoms with E-state index in [4.69, 9.17) is 10.2 Å². The highest BCUT2D eigenvalue weighted by molar-refractivity contribution is 9.10. The van der Waals surface area contributed by atoms with E-state index < -0.39 is 28.6 Å². The van der Waals surface area contributed by atoms with Gasteiger partial charge in [-0.3, -0.25) is 0 Å². The van der Waals surface area contributed by atoms with Gasteiger partial charge in [-0.05, 0) is 24.6 Å². The fourth-order valence-corrected chi connectivity index (χ4v) is 4.22. The molecule has 1 heterocycles. The van der Waals surface area contributed by atoms with Crippen molar-refractivity contribution in [3.8, 4) is 18.2 Å². The van der Waals surface area contributed by atoms with E-state index in [0.717, 1.165) is 0 Å². The third-order valence-corrected chi connectivity index (χ3v) is 5.39. The van der Waals surface area contributed by atoms with Crippen molar-refractivity contribution < 1.29 is 9.63 Å². The van der Waals surface area contributed by atoms with Crippen LogP contribution in [0.3, 0.4) is 0 Å². The Labute approximate surface area is 151 Å². The normalized spacial score (nSPS) is 29.5. The molecule has 25 heavy (non-hydrogen) atoms. The van der Waals surface area contributed by atoms with Crippen molar-refractivity contribution in [3.05, 3.63) is 34.3 Å². The molecule has 0 amide bonds.